The molecule has 0 spiro atoms. The van der Waals surface area contributed by atoms with Crippen LogP contribution in [0.5, 0.6) is 5.75 Å². The number of halogens is 1. The number of nitrogens with zero attached hydrogens (tertiary/aromatic N) is 2. The van der Waals surface area contributed by atoms with Crippen molar-refractivity contribution in [1.29, 1.82) is 0 Å². The number of benzene rings is 1. The third-order valence-corrected chi connectivity index (χ3v) is 3.85. The average Bonchev–Trinajstić information content (AvgIpc) is 2.96. The van der Waals surface area contributed by atoms with E-state index >= 15 is 0 Å². The average molecular weight is 394 g/mol. The van der Waals surface area contributed by atoms with Crippen molar-refractivity contribution in [1.82, 2.24) is 9.78 Å². The van der Waals surface area contributed by atoms with Crippen LogP contribution in [0.1, 0.15) is 11.4 Å². The Balaban J connectivity index is 2.12. The van der Waals surface area contributed by atoms with Gasteiger partial charge in [0, 0.05) is 12.7 Å². The maximum Gasteiger partial charge on any atom is 0.354 e. The number of carbonyl (C=O) groups is 2. The highest BCUT2D eigenvalue weighted by atomic mass is 35.5. The fraction of sp³-hybridized carbons (Fsp3) is 0.278. The Morgan fingerprint density at radius 3 is 2.56 bits per heavy atom. The molecule has 0 atom stereocenters. The Hall–Kier alpha value is -3.00. The molecular weight excluding hydrogens is 374 g/mol. The first-order valence-electron chi connectivity index (χ1n) is 7.91. The molecule has 8 nitrogen and oxygen atoms in total. The lowest BCUT2D eigenvalue weighted by Gasteiger charge is -2.12. The van der Waals surface area contributed by atoms with Crippen LogP contribution in [0.25, 0.3) is 0 Å². The Morgan fingerprint density at radius 2 is 2.00 bits per heavy atom. The summed E-state index contributed by atoms with van der Waals surface area (Å²) in [6.07, 6.45) is 0.995. The first-order chi connectivity index (χ1) is 12.8. The molecule has 0 unspecified atom stereocenters. The quantitative estimate of drug-likeness (QED) is 0.571. The Labute approximate surface area is 161 Å². The van der Waals surface area contributed by atoms with Crippen molar-refractivity contribution >= 4 is 29.2 Å². The highest BCUT2D eigenvalue weighted by molar-refractivity contribution is 6.32. The zero-order valence-corrected chi connectivity index (χ0v) is 16.2. The van der Waals surface area contributed by atoms with E-state index < -0.39 is 11.9 Å². The second-order valence-electron chi connectivity index (χ2n) is 5.53. The lowest BCUT2D eigenvalue weighted by atomic mass is 10.2. The minimum absolute atomic E-state index is 0.0838. The van der Waals surface area contributed by atoms with Crippen LogP contribution in [-0.2, 0) is 32.7 Å². The number of aryl methyl sites for hydroxylation is 2. The summed E-state index contributed by atoms with van der Waals surface area (Å²) in [6.45, 7) is 2.21. The van der Waals surface area contributed by atoms with Crippen LogP contribution in [0.2, 0.25) is 5.02 Å². The summed E-state index contributed by atoms with van der Waals surface area (Å²) in [5.41, 5.74) is 2.19. The van der Waals surface area contributed by atoms with Gasteiger partial charge in [0.05, 0.1) is 36.7 Å². The van der Waals surface area contributed by atoms with E-state index in [1.807, 2.05) is 20.0 Å². The van der Waals surface area contributed by atoms with Gasteiger partial charge in [0.15, 0.2) is 0 Å². The first-order valence-corrected chi connectivity index (χ1v) is 8.28. The Kier molecular flexibility index (Phi) is 6.84. The molecule has 0 amide bonds. The third-order valence-electron chi connectivity index (χ3n) is 3.55. The van der Waals surface area contributed by atoms with Gasteiger partial charge in [-0.3, -0.25) is 4.68 Å². The number of hydrogen-bond acceptors (Lipinski definition) is 7. The van der Waals surface area contributed by atoms with Crippen LogP contribution in [0.4, 0.5) is 5.69 Å². The van der Waals surface area contributed by atoms with Crippen LogP contribution >= 0.6 is 11.6 Å². The van der Waals surface area contributed by atoms with Crippen molar-refractivity contribution in [3.63, 3.8) is 0 Å². The van der Waals surface area contributed by atoms with E-state index in [1.54, 1.807) is 22.9 Å². The van der Waals surface area contributed by atoms with Crippen LogP contribution in [0.15, 0.2) is 36.0 Å². The van der Waals surface area contributed by atoms with Gasteiger partial charge in [-0.15, -0.1) is 0 Å². The van der Waals surface area contributed by atoms with Gasteiger partial charge in [0.1, 0.15) is 18.1 Å². The van der Waals surface area contributed by atoms with E-state index in [-0.39, 0.29) is 5.70 Å². The summed E-state index contributed by atoms with van der Waals surface area (Å²) < 4.78 is 16.6. The zero-order chi connectivity index (χ0) is 20.0. The Morgan fingerprint density at radius 1 is 1.26 bits per heavy atom. The summed E-state index contributed by atoms with van der Waals surface area (Å²) in [5, 5.41) is 7.37. The molecule has 0 aliphatic carbocycles. The van der Waals surface area contributed by atoms with Crippen molar-refractivity contribution in [2.75, 3.05) is 19.5 Å². The highest BCUT2D eigenvalue weighted by Crippen LogP contribution is 2.29. The smallest absolute Gasteiger partial charge is 0.354 e. The van der Waals surface area contributed by atoms with Gasteiger partial charge in [0.2, 0.25) is 0 Å². The topological polar surface area (TPSA) is 91.7 Å². The molecule has 0 aliphatic heterocycles. The van der Waals surface area contributed by atoms with Crippen molar-refractivity contribution in [3.05, 3.63) is 52.4 Å². The Bertz CT molecular complexity index is 876. The molecule has 1 aromatic heterocycles. The zero-order valence-electron chi connectivity index (χ0n) is 15.4. The molecule has 1 heterocycles. The van der Waals surface area contributed by atoms with Gasteiger partial charge in [-0.2, -0.15) is 5.10 Å². The monoisotopic (exact) mass is 393 g/mol. The van der Waals surface area contributed by atoms with E-state index in [1.165, 1.54) is 14.2 Å². The second kappa shape index (κ2) is 9.09. The summed E-state index contributed by atoms with van der Waals surface area (Å²) in [7, 11) is 4.25. The maximum absolute atomic E-state index is 11.8. The van der Waals surface area contributed by atoms with Gasteiger partial charge < -0.3 is 19.5 Å². The minimum atomic E-state index is -0.719. The molecule has 0 fully saturated rings. The number of methoxy groups -OCH3 is 2. The lowest BCUT2D eigenvalue weighted by molar-refractivity contribution is -0.138. The predicted octanol–water partition coefficient (Wildman–Crippen LogP) is 2.60. The molecule has 9 heteroatoms. The fourth-order valence-electron chi connectivity index (χ4n) is 2.23. The number of carbonyl (C=O) groups excluding carboxylic acids is 2. The van der Waals surface area contributed by atoms with Gasteiger partial charge in [0.25, 0.3) is 0 Å². The van der Waals surface area contributed by atoms with Gasteiger partial charge in [-0.05, 0) is 31.2 Å². The van der Waals surface area contributed by atoms with Crippen LogP contribution < -0.4 is 10.1 Å². The number of hydrogen-bond donors (Lipinski definition) is 1. The number of anilines is 1. The van der Waals surface area contributed by atoms with Gasteiger partial charge >= 0.3 is 11.9 Å². The second-order valence-corrected chi connectivity index (χ2v) is 5.94. The first kappa shape index (κ1) is 20.3. The minimum Gasteiger partial charge on any atom is -0.486 e. The lowest BCUT2D eigenvalue weighted by Crippen LogP contribution is -2.15. The van der Waals surface area contributed by atoms with Crippen LogP contribution in [0, 0.1) is 6.92 Å². The van der Waals surface area contributed by atoms with Crippen LogP contribution in [0.3, 0.4) is 0 Å². The summed E-state index contributed by atoms with van der Waals surface area (Å²) in [4.78, 5) is 23.2. The number of nitrogens with one attached hydrogen (secondary N) is 1. The predicted molar refractivity (Wildman–Crippen MR) is 99.5 cm³/mol. The molecule has 0 aliphatic rings. The van der Waals surface area contributed by atoms with E-state index in [0.717, 1.165) is 17.5 Å². The van der Waals surface area contributed by atoms with Crippen molar-refractivity contribution in [3.8, 4) is 5.75 Å². The van der Waals surface area contributed by atoms with Gasteiger partial charge in [-0.25, -0.2) is 9.59 Å². The molecule has 0 bridgehead atoms. The van der Waals surface area contributed by atoms with E-state index in [4.69, 9.17) is 16.3 Å². The highest BCUT2D eigenvalue weighted by Gasteiger charge is 2.14. The van der Waals surface area contributed by atoms with Crippen molar-refractivity contribution in [2.24, 2.45) is 7.05 Å². The van der Waals surface area contributed by atoms with Crippen molar-refractivity contribution < 1.29 is 23.8 Å². The molecular formula is C18H20ClN3O5. The normalized spacial score (nSPS) is 11.1. The number of ether oxygens (including phenoxy) is 3. The fourth-order valence-corrected chi connectivity index (χ4v) is 2.47. The molecule has 2 rings (SSSR count). The molecule has 144 valence electrons. The molecule has 1 N–H and O–H groups in total. The number of rotatable bonds is 7. The number of aromatic nitrogens is 2. The SMILES string of the molecule is COC(=O)/C=C(/Nc1ccc(OCc2cc(C)nn2C)c(Cl)c1)C(=O)OC. The molecule has 27 heavy (non-hydrogen) atoms. The summed E-state index contributed by atoms with van der Waals surface area (Å²) in [6, 6.07) is 6.80. The molecule has 1 aromatic carbocycles. The van der Waals surface area contributed by atoms with Crippen LogP contribution in [-0.4, -0.2) is 35.9 Å². The van der Waals surface area contributed by atoms with Gasteiger partial charge in [-0.1, -0.05) is 11.6 Å². The van der Waals surface area contributed by atoms with E-state index in [9.17, 15) is 9.59 Å². The molecule has 0 saturated carbocycles. The van der Waals surface area contributed by atoms with Crippen molar-refractivity contribution in [2.45, 2.75) is 13.5 Å². The summed E-state index contributed by atoms with van der Waals surface area (Å²) >= 11 is 6.26. The standard InChI is InChI=1S/C18H20ClN3O5/c1-11-7-13(22(2)21-11)10-27-16-6-5-12(8-14(16)19)20-15(18(24)26-4)9-17(23)25-3/h5-9,20H,10H2,1-4H3/b15-9+. The third kappa shape index (κ3) is 5.49. The van der Waals surface area contributed by atoms with E-state index in [0.29, 0.717) is 23.1 Å². The largest absolute Gasteiger partial charge is 0.486 e. The maximum atomic E-state index is 11.8. The molecule has 0 radical (unpaired) electrons. The summed E-state index contributed by atoms with van der Waals surface area (Å²) in [5.74, 6) is -0.943. The molecule has 2 aromatic rings. The van der Waals surface area contributed by atoms with E-state index in [2.05, 4.69) is 19.9 Å². The number of esters is 2. The molecule has 0 saturated heterocycles.